The summed E-state index contributed by atoms with van der Waals surface area (Å²) in [5.74, 6) is -0.0666. The summed E-state index contributed by atoms with van der Waals surface area (Å²) in [6.45, 7) is 5.20. The van der Waals surface area contributed by atoms with Gasteiger partial charge in [0.05, 0.1) is 0 Å². The lowest BCUT2D eigenvalue weighted by atomic mass is 9.99. The Morgan fingerprint density at radius 2 is 1.96 bits per heavy atom. The predicted molar refractivity (Wildman–Crippen MR) is 103 cm³/mol. The van der Waals surface area contributed by atoms with Crippen molar-refractivity contribution >= 4 is 23.4 Å². The zero-order valence-electron chi connectivity index (χ0n) is 15.0. The first-order valence-electron chi connectivity index (χ1n) is 8.81. The third-order valence-electron chi connectivity index (χ3n) is 4.98. The van der Waals surface area contributed by atoms with Crippen LogP contribution in [0, 0.1) is 0 Å². The van der Waals surface area contributed by atoms with Crippen molar-refractivity contribution < 1.29 is 9.59 Å². The molecule has 1 aliphatic rings. The number of benzene rings is 2. The van der Waals surface area contributed by atoms with Crippen LogP contribution in [0.3, 0.4) is 0 Å². The van der Waals surface area contributed by atoms with Crippen LogP contribution < -0.4 is 5.32 Å². The minimum absolute atomic E-state index is 0.0318. The first-order chi connectivity index (χ1) is 12.4. The summed E-state index contributed by atoms with van der Waals surface area (Å²) in [7, 11) is 0. The molecule has 2 atom stereocenters. The van der Waals surface area contributed by atoms with Gasteiger partial charge in [0, 0.05) is 23.7 Å². The van der Waals surface area contributed by atoms with Gasteiger partial charge in [-0.25, -0.2) is 0 Å². The molecule has 1 saturated heterocycles. The number of hydrogen-bond donors (Lipinski definition) is 1. The molecular weight excluding hydrogens is 348 g/mol. The highest BCUT2D eigenvalue weighted by atomic mass is 35.5. The second kappa shape index (κ2) is 7.50. The fourth-order valence-electron chi connectivity index (χ4n) is 3.38. The van der Waals surface area contributed by atoms with E-state index in [4.69, 9.17) is 11.6 Å². The van der Waals surface area contributed by atoms with Crippen molar-refractivity contribution in [2.75, 3.05) is 13.1 Å². The number of halogens is 1. The van der Waals surface area contributed by atoms with E-state index in [0.717, 1.165) is 0 Å². The fourth-order valence-corrected chi connectivity index (χ4v) is 3.57. The zero-order valence-corrected chi connectivity index (χ0v) is 15.8. The molecule has 3 rings (SSSR count). The molecule has 2 amide bonds. The van der Waals surface area contributed by atoms with Crippen molar-refractivity contribution in [2.45, 2.75) is 31.7 Å². The van der Waals surface area contributed by atoms with Gasteiger partial charge >= 0.3 is 0 Å². The van der Waals surface area contributed by atoms with Crippen LogP contribution in [0.25, 0.3) is 0 Å². The Bertz CT molecular complexity index is 809. The van der Waals surface area contributed by atoms with Gasteiger partial charge in [0.2, 0.25) is 5.91 Å². The summed E-state index contributed by atoms with van der Waals surface area (Å²) in [5.41, 5.74) is 0.787. The minimum Gasteiger partial charge on any atom is -0.340 e. The largest absolute Gasteiger partial charge is 0.340 e. The summed E-state index contributed by atoms with van der Waals surface area (Å²) >= 11 is 5.95. The number of nitrogens with zero attached hydrogens (tertiary/aromatic N) is 1. The first-order valence-corrected chi connectivity index (χ1v) is 9.19. The van der Waals surface area contributed by atoms with E-state index in [1.807, 2.05) is 23.1 Å². The third kappa shape index (κ3) is 3.91. The van der Waals surface area contributed by atoms with Gasteiger partial charge < -0.3 is 10.2 Å². The van der Waals surface area contributed by atoms with Gasteiger partial charge in [-0.05, 0) is 43.0 Å². The van der Waals surface area contributed by atoms with Crippen LogP contribution >= 0.6 is 11.6 Å². The van der Waals surface area contributed by atoms with E-state index < -0.39 is 5.54 Å². The first kappa shape index (κ1) is 18.5. The lowest BCUT2D eigenvalue weighted by Crippen LogP contribution is -2.52. The summed E-state index contributed by atoms with van der Waals surface area (Å²) in [4.78, 5) is 27.3. The van der Waals surface area contributed by atoms with Gasteiger partial charge in [-0.15, -0.1) is 0 Å². The number of likely N-dealkylation sites (tertiary alicyclic amines) is 1. The Morgan fingerprint density at radius 3 is 2.65 bits per heavy atom. The molecule has 26 heavy (non-hydrogen) atoms. The quantitative estimate of drug-likeness (QED) is 0.868. The van der Waals surface area contributed by atoms with Crippen LogP contribution in [0.5, 0.6) is 0 Å². The van der Waals surface area contributed by atoms with E-state index in [0.29, 0.717) is 30.1 Å². The second-order valence-corrected chi connectivity index (χ2v) is 7.55. The highest BCUT2D eigenvalue weighted by molar-refractivity contribution is 6.31. The topological polar surface area (TPSA) is 49.4 Å². The Morgan fingerprint density at radius 1 is 1.23 bits per heavy atom. The molecule has 4 nitrogen and oxygen atoms in total. The fraction of sp³-hybridized carbons (Fsp3) is 0.333. The number of hydrogen-bond acceptors (Lipinski definition) is 2. The van der Waals surface area contributed by atoms with Crippen molar-refractivity contribution in [1.82, 2.24) is 10.2 Å². The van der Waals surface area contributed by atoms with E-state index in [9.17, 15) is 9.59 Å². The molecule has 0 radical (unpaired) electrons. The molecule has 1 fully saturated rings. The van der Waals surface area contributed by atoms with E-state index >= 15 is 0 Å². The molecule has 1 aliphatic heterocycles. The standard InChI is InChI=1S/C21H23ClN2O2/c1-15(16-7-4-3-5-8-16)14-24-12-11-21(2,20(24)26)23-19(25)17-9-6-10-18(22)13-17/h3-10,13,15H,11-12,14H2,1-2H3,(H,23,25). The number of carbonyl (C=O) groups is 2. The van der Waals surface area contributed by atoms with Gasteiger partial charge in [0.15, 0.2) is 0 Å². The smallest absolute Gasteiger partial charge is 0.252 e. The summed E-state index contributed by atoms with van der Waals surface area (Å²) in [6.07, 6.45) is 0.597. The summed E-state index contributed by atoms with van der Waals surface area (Å²) in [5, 5.41) is 3.40. The highest BCUT2D eigenvalue weighted by Crippen LogP contribution is 2.26. The minimum atomic E-state index is -0.879. The van der Waals surface area contributed by atoms with Gasteiger partial charge in [0.1, 0.15) is 5.54 Å². The highest BCUT2D eigenvalue weighted by Gasteiger charge is 2.44. The number of nitrogens with one attached hydrogen (secondary N) is 1. The SMILES string of the molecule is CC(CN1CCC(C)(NC(=O)c2cccc(Cl)c2)C1=O)c1ccccc1. The summed E-state index contributed by atoms with van der Waals surface area (Å²) < 4.78 is 0. The lowest BCUT2D eigenvalue weighted by molar-refractivity contribution is -0.132. The van der Waals surface area contributed by atoms with Crippen LogP contribution in [-0.2, 0) is 4.79 Å². The van der Waals surface area contributed by atoms with Crippen LogP contribution in [0.1, 0.15) is 42.1 Å². The maximum atomic E-state index is 12.9. The molecule has 0 aromatic heterocycles. The van der Waals surface area contributed by atoms with Gasteiger partial charge in [0.25, 0.3) is 5.91 Å². The van der Waals surface area contributed by atoms with Crippen molar-refractivity contribution in [2.24, 2.45) is 0 Å². The average Bonchev–Trinajstić information content (AvgIpc) is 2.90. The Balaban J connectivity index is 1.66. The zero-order chi connectivity index (χ0) is 18.7. The molecular formula is C21H23ClN2O2. The van der Waals surface area contributed by atoms with Gasteiger partial charge in [-0.3, -0.25) is 9.59 Å². The van der Waals surface area contributed by atoms with Gasteiger partial charge in [-0.2, -0.15) is 0 Å². The lowest BCUT2D eigenvalue weighted by Gasteiger charge is -2.26. The van der Waals surface area contributed by atoms with Crippen molar-refractivity contribution in [1.29, 1.82) is 0 Å². The molecule has 0 aliphatic carbocycles. The molecule has 0 bridgehead atoms. The molecule has 2 unspecified atom stereocenters. The second-order valence-electron chi connectivity index (χ2n) is 7.11. The molecule has 5 heteroatoms. The van der Waals surface area contributed by atoms with E-state index in [1.165, 1.54) is 5.56 Å². The van der Waals surface area contributed by atoms with E-state index in [1.54, 1.807) is 31.2 Å². The maximum absolute atomic E-state index is 12.9. The Hall–Kier alpha value is -2.33. The predicted octanol–water partition coefficient (Wildman–Crippen LogP) is 3.86. The molecule has 0 spiro atoms. The van der Waals surface area contributed by atoms with Gasteiger partial charge in [-0.1, -0.05) is 54.9 Å². The molecule has 2 aromatic carbocycles. The molecule has 136 valence electrons. The number of amides is 2. The summed E-state index contributed by atoms with van der Waals surface area (Å²) in [6, 6.07) is 16.9. The van der Waals surface area contributed by atoms with Crippen molar-refractivity contribution in [3.8, 4) is 0 Å². The monoisotopic (exact) mass is 370 g/mol. The third-order valence-corrected chi connectivity index (χ3v) is 5.22. The van der Waals surface area contributed by atoms with Crippen LogP contribution in [0.15, 0.2) is 54.6 Å². The van der Waals surface area contributed by atoms with E-state index in [2.05, 4.69) is 24.4 Å². The van der Waals surface area contributed by atoms with Crippen molar-refractivity contribution in [3.63, 3.8) is 0 Å². The molecule has 1 heterocycles. The van der Waals surface area contributed by atoms with Crippen LogP contribution in [-0.4, -0.2) is 35.3 Å². The maximum Gasteiger partial charge on any atom is 0.252 e. The molecule has 0 saturated carbocycles. The average molecular weight is 371 g/mol. The normalized spacial score (nSPS) is 20.9. The van der Waals surface area contributed by atoms with Crippen LogP contribution in [0.4, 0.5) is 0 Å². The van der Waals surface area contributed by atoms with E-state index in [-0.39, 0.29) is 17.7 Å². The Kier molecular flexibility index (Phi) is 5.33. The Labute approximate surface area is 159 Å². The number of rotatable bonds is 5. The number of carbonyl (C=O) groups excluding carboxylic acids is 2. The van der Waals surface area contributed by atoms with Crippen LogP contribution in [0.2, 0.25) is 5.02 Å². The molecule has 1 N–H and O–H groups in total. The molecule has 2 aromatic rings. The van der Waals surface area contributed by atoms with Crippen molar-refractivity contribution in [3.05, 3.63) is 70.7 Å².